The molecular formula is C15H10N4O. The van der Waals surface area contributed by atoms with Gasteiger partial charge in [0.2, 0.25) is 0 Å². The highest BCUT2D eigenvalue weighted by Crippen LogP contribution is 2.27. The van der Waals surface area contributed by atoms with Crippen LogP contribution in [0.25, 0.3) is 33.2 Å². The SMILES string of the molecule is O=c1[nH]c2cc(-c3cccc4ncccc34)cnc2[nH]1. The summed E-state index contributed by atoms with van der Waals surface area (Å²) in [5.74, 6) is 0. The second-order valence-electron chi connectivity index (χ2n) is 4.57. The molecular weight excluding hydrogens is 252 g/mol. The van der Waals surface area contributed by atoms with E-state index >= 15 is 0 Å². The summed E-state index contributed by atoms with van der Waals surface area (Å²) in [6, 6.07) is 11.8. The third-order valence-corrected chi connectivity index (χ3v) is 3.32. The summed E-state index contributed by atoms with van der Waals surface area (Å²) in [5, 5.41) is 1.06. The number of H-pyrrole nitrogens is 2. The Labute approximate surface area is 113 Å². The van der Waals surface area contributed by atoms with Gasteiger partial charge in [-0.25, -0.2) is 9.78 Å². The minimum absolute atomic E-state index is 0.246. The number of hydrogen-bond acceptors (Lipinski definition) is 3. The van der Waals surface area contributed by atoms with E-state index in [-0.39, 0.29) is 5.69 Å². The van der Waals surface area contributed by atoms with Gasteiger partial charge >= 0.3 is 5.69 Å². The van der Waals surface area contributed by atoms with E-state index in [0.717, 1.165) is 22.0 Å². The summed E-state index contributed by atoms with van der Waals surface area (Å²) in [7, 11) is 0. The predicted molar refractivity (Wildman–Crippen MR) is 77.5 cm³/mol. The van der Waals surface area contributed by atoms with Crippen molar-refractivity contribution in [2.24, 2.45) is 0 Å². The van der Waals surface area contributed by atoms with Crippen LogP contribution in [0.5, 0.6) is 0 Å². The molecule has 0 aliphatic rings. The first-order chi connectivity index (χ1) is 9.81. The van der Waals surface area contributed by atoms with Crippen molar-refractivity contribution in [3.63, 3.8) is 0 Å². The second-order valence-corrected chi connectivity index (χ2v) is 4.57. The van der Waals surface area contributed by atoms with Crippen molar-refractivity contribution in [3.8, 4) is 11.1 Å². The number of pyridine rings is 2. The Hall–Kier alpha value is -2.95. The van der Waals surface area contributed by atoms with E-state index in [1.54, 1.807) is 12.4 Å². The number of benzene rings is 1. The van der Waals surface area contributed by atoms with Gasteiger partial charge in [-0.2, -0.15) is 0 Å². The van der Waals surface area contributed by atoms with Crippen LogP contribution in [0.4, 0.5) is 0 Å². The van der Waals surface area contributed by atoms with Gasteiger partial charge in [0.25, 0.3) is 0 Å². The molecule has 96 valence electrons. The van der Waals surface area contributed by atoms with E-state index < -0.39 is 0 Å². The molecule has 0 unspecified atom stereocenters. The Morgan fingerprint density at radius 3 is 2.90 bits per heavy atom. The lowest BCUT2D eigenvalue weighted by molar-refractivity contribution is 1.20. The first-order valence-corrected chi connectivity index (χ1v) is 6.23. The molecule has 0 atom stereocenters. The molecule has 0 saturated heterocycles. The minimum Gasteiger partial charge on any atom is -0.304 e. The number of imidazole rings is 1. The van der Waals surface area contributed by atoms with Gasteiger partial charge in [-0.15, -0.1) is 0 Å². The van der Waals surface area contributed by atoms with Gasteiger partial charge in [-0.3, -0.25) is 9.97 Å². The predicted octanol–water partition coefficient (Wildman–Crippen LogP) is 2.47. The summed E-state index contributed by atoms with van der Waals surface area (Å²) in [6.45, 7) is 0. The maximum Gasteiger partial charge on any atom is 0.325 e. The Morgan fingerprint density at radius 2 is 1.95 bits per heavy atom. The van der Waals surface area contributed by atoms with E-state index in [4.69, 9.17) is 0 Å². The summed E-state index contributed by atoms with van der Waals surface area (Å²) < 4.78 is 0. The van der Waals surface area contributed by atoms with Crippen molar-refractivity contribution in [2.75, 3.05) is 0 Å². The Morgan fingerprint density at radius 1 is 1.00 bits per heavy atom. The average molecular weight is 262 g/mol. The highest BCUT2D eigenvalue weighted by molar-refractivity contribution is 5.95. The first kappa shape index (κ1) is 10.9. The third-order valence-electron chi connectivity index (χ3n) is 3.32. The van der Waals surface area contributed by atoms with Crippen LogP contribution >= 0.6 is 0 Å². The van der Waals surface area contributed by atoms with E-state index in [9.17, 15) is 4.79 Å². The van der Waals surface area contributed by atoms with E-state index in [1.807, 2.05) is 36.4 Å². The number of fused-ring (bicyclic) bond motifs is 2. The van der Waals surface area contributed by atoms with Crippen molar-refractivity contribution in [3.05, 3.63) is 59.3 Å². The second kappa shape index (κ2) is 4.03. The Balaban J connectivity index is 2.03. The fourth-order valence-electron chi connectivity index (χ4n) is 2.42. The molecule has 0 aliphatic heterocycles. The molecule has 5 heteroatoms. The molecule has 0 amide bonds. The van der Waals surface area contributed by atoms with Crippen molar-refractivity contribution in [2.45, 2.75) is 0 Å². The number of aromatic amines is 2. The molecule has 0 bridgehead atoms. The molecule has 0 saturated carbocycles. The number of aromatic nitrogens is 4. The van der Waals surface area contributed by atoms with Gasteiger partial charge in [0.15, 0.2) is 5.65 Å². The van der Waals surface area contributed by atoms with Crippen LogP contribution in [-0.4, -0.2) is 19.9 Å². The van der Waals surface area contributed by atoms with Gasteiger partial charge < -0.3 is 4.98 Å². The molecule has 0 fully saturated rings. The van der Waals surface area contributed by atoms with Crippen LogP contribution < -0.4 is 5.69 Å². The maximum absolute atomic E-state index is 11.3. The maximum atomic E-state index is 11.3. The summed E-state index contributed by atoms with van der Waals surface area (Å²) in [5.41, 5.74) is 3.96. The molecule has 0 spiro atoms. The van der Waals surface area contributed by atoms with Gasteiger partial charge in [-0.05, 0) is 23.8 Å². The lowest BCUT2D eigenvalue weighted by Crippen LogP contribution is -1.99. The van der Waals surface area contributed by atoms with Crippen molar-refractivity contribution < 1.29 is 0 Å². The van der Waals surface area contributed by atoms with Crippen LogP contribution in [0.2, 0.25) is 0 Å². The quantitative estimate of drug-likeness (QED) is 0.553. The number of nitrogens with zero attached hydrogens (tertiary/aromatic N) is 2. The Kier molecular flexibility index (Phi) is 2.20. The lowest BCUT2D eigenvalue weighted by Gasteiger charge is -2.05. The number of hydrogen-bond donors (Lipinski definition) is 2. The van der Waals surface area contributed by atoms with Crippen LogP contribution in [0, 0.1) is 0 Å². The van der Waals surface area contributed by atoms with Crippen LogP contribution in [0.3, 0.4) is 0 Å². The zero-order valence-electron chi connectivity index (χ0n) is 10.4. The fraction of sp³-hybridized carbons (Fsp3) is 0. The fourth-order valence-corrected chi connectivity index (χ4v) is 2.42. The minimum atomic E-state index is -0.246. The van der Waals surface area contributed by atoms with Crippen molar-refractivity contribution in [1.82, 2.24) is 19.9 Å². The molecule has 0 radical (unpaired) electrons. The van der Waals surface area contributed by atoms with Crippen LogP contribution in [0.15, 0.2) is 53.6 Å². The number of rotatable bonds is 1. The van der Waals surface area contributed by atoms with Crippen molar-refractivity contribution in [1.29, 1.82) is 0 Å². The molecule has 3 heterocycles. The topological polar surface area (TPSA) is 74.4 Å². The lowest BCUT2D eigenvalue weighted by atomic mass is 10.0. The van der Waals surface area contributed by atoms with E-state index in [0.29, 0.717) is 11.2 Å². The largest absolute Gasteiger partial charge is 0.325 e. The highest BCUT2D eigenvalue weighted by atomic mass is 16.1. The van der Waals surface area contributed by atoms with Crippen molar-refractivity contribution >= 4 is 22.1 Å². The van der Waals surface area contributed by atoms with E-state index in [2.05, 4.69) is 19.9 Å². The van der Waals surface area contributed by atoms with Gasteiger partial charge in [0, 0.05) is 23.3 Å². The molecule has 3 aromatic heterocycles. The summed E-state index contributed by atoms with van der Waals surface area (Å²) >= 11 is 0. The monoisotopic (exact) mass is 262 g/mol. The molecule has 5 nitrogen and oxygen atoms in total. The van der Waals surface area contributed by atoms with Crippen LogP contribution in [0.1, 0.15) is 0 Å². The number of nitrogens with one attached hydrogen (secondary N) is 2. The zero-order chi connectivity index (χ0) is 13.5. The molecule has 4 rings (SSSR count). The van der Waals surface area contributed by atoms with Gasteiger partial charge in [-0.1, -0.05) is 18.2 Å². The summed E-state index contributed by atoms with van der Waals surface area (Å²) in [6.07, 6.45) is 3.53. The first-order valence-electron chi connectivity index (χ1n) is 6.23. The van der Waals surface area contributed by atoms with Gasteiger partial charge in [0.1, 0.15) is 0 Å². The van der Waals surface area contributed by atoms with Crippen LogP contribution in [-0.2, 0) is 0 Å². The zero-order valence-corrected chi connectivity index (χ0v) is 10.4. The van der Waals surface area contributed by atoms with Gasteiger partial charge in [0.05, 0.1) is 11.0 Å². The molecule has 1 aromatic carbocycles. The highest BCUT2D eigenvalue weighted by Gasteiger charge is 2.07. The third kappa shape index (κ3) is 1.60. The smallest absolute Gasteiger partial charge is 0.304 e. The molecule has 0 aliphatic carbocycles. The summed E-state index contributed by atoms with van der Waals surface area (Å²) in [4.78, 5) is 25.3. The molecule has 4 aromatic rings. The molecule has 2 N–H and O–H groups in total. The molecule has 20 heavy (non-hydrogen) atoms. The normalized spacial score (nSPS) is 11.2. The Bertz CT molecular complexity index is 978. The standard InChI is InChI=1S/C15H10N4O/c20-15-18-13-7-9(8-17-14(13)19-15)10-3-1-5-12-11(10)4-2-6-16-12/h1-8H,(H2,17,18,19,20). The average Bonchev–Trinajstić information content (AvgIpc) is 2.85. The van der Waals surface area contributed by atoms with E-state index in [1.165, 1.54) is 0 Å².